The summed E-state index contributed by atoms with van der Waals surface area (Å²) in [6.45, 7) is 2.02. The van der Waals surface area contributed by atoms with Crippen molar-refractivity contribution in [2.45, 2.75) is 6.54 Å². The lowest BCUT2D eigenvalue weighted by Crippen LogP contribution is -2.38. The first-order chi connectivity index (χ1) is 12.2. The molecule has 25 heavy (non-hydrogen) atoms. The molecule has 0 bridgehead atoms. The molecule has 9 heteroatoms. The number of hydrogen-bond acceptors (Lipinski definition) is 6. The van der Waals surface area contributed by atoms with Crippen LogP contribution in [0.3, 0.4) is 0 Å². The van der Waals surface area contributed by atoms with E-state index in [1.165, 1.54) is 11.3 Å². The lowest BCUT2D eigenvalue weighted by molar-refractivity contribution is 0.0765. The summed E-state index contributed by atoms with van der Waals surface area (Å²) >= 11 is 9.26. The fraction of sp³-hybridized carbons (Fsp3) is 0.312. The predicted molar refractivity (Wildman–Crippen MR) is 99.4 cm³/mol. The molecule has 1 aliphatic heterocycles. The molecule has 4 rings (SSSR count). The quantitative estimate of drug-likeness (QED) is 0.677. The van der Waals surface area contributed by atoms with E-state index in [4.69, 9.17) is 16.1 Å². The van der Waals surface area contributed by atoms with Gasteiger partial charge in [0.1, 0.15) is 11.4 Å². The summed E-state index contributed by atoms with van der Waals surface area (Å²) in [7, 11) is 0. The third kappa shape index (κ3) is 3.75. The number of aromatic nitrogens is 3. The van der Waals surface area contributed by atoms with Crippen LogP contribution in [0.2, 0.25) is 4.34 Å². The number of nitrogens with zero attached hydrogens (tertiary/aromatic N) is 4. The first kappa shape index (κ1) is 16.7. The summed E-state index contributed by atoms with van der Waals surface area (Å²) in [6, 6.07) is 7.35. The maximum absolute atomic E-state index is 12.5. The number of carbonyl (C=O) groups excluding carboxylic acids is 1. The molecule has 0 unspecified atom stereocenters. The van der Waals surface area contributed by atoms with E-state index < -0.39 is 0 Å². The number of carbonyl (C=O) groups is 1. The Hall–Kier alpha value is -1.77. The zero-order valence-electron chi connectivity index (χ0n) is 13.2. The third-order valence-corrected chi connectivity index (χ3v) is 6.05. The third-order valence-electron chi connectivity index (χ3n) is 3.86. The molecule has 4 heterocycles. The molecule has 0 atom stereocenters. The van der Waals surface area contributed by atoms with Crippen molar-refractivity contribution < 1.29 is 9.32 Å². The minimum absolute atomic E-state index is 0.00637. The van der Waals surface area contributed by atoms with E-state index >= 15 is 0 Å². The number of thioether (sulfide) groups is 1. The van der Waals surface area contributed by atoms with E-state index in [9.17, 15) is 4.79 Å². The topological polar surface area (TPSA) is 64.2 Å². The van der Waals surface area contributed by atoms with Crippen molar-refractivity contribution >= 4 is 40.6 Å². The van der Waals surface area contributed by atoms with Crippen molar-refractivity contribution in [1.82, 2.24) is 19.8 Å². The minimum atomic E-state index is -0.00637. The number of thiophene rings is 1. The van der Waals surface area contributed by atoms with Gasteiger partial charge in [-0.3, -0.25) is 9.48 Å². The Bertz CT molecular complexity index is 882. The summed E-state index contributed by atoms with van der Waals surface area (Å²) in [6.07, 6.45) is 1.79. The highest BCUT2D eigenvalue weighted by molar-refractivity contribution is 7.99. The van der Waals surface area contributed by atoms with E-state index in [-0.39, 0.29) is 5.91 Å². The molecule has 1 amide bonds. The molecule has 0 aliphatic carbocycles. The second kappa shape index (κ2) is 7.23. The number of hydrogen-bond donors (Lipinski definition) is 0. The van der Waals surface area contributed by atoms with E-state index in [0.29, 0.717) is 22.3 Å². The second-order valence-corrected chi connectivity index (χ2v) is 8.53. The molecule has 0 N–H and O–H groups in total. The Morgan fingerprint density at radius 1 is 1.28 bits per heavy atom. The molecule has 1 fully saturated rings. The highest BCUT2D eigenvalue weighted by Crippen LogP contribution is 2.31. The zero-order chi connectivity index (χ0) is 17.2. The van der Waals surface area contributed by atoms with E-state index in [0.717, 1.165) is 35.2 Å². The monoisotopic (exact) mass is 394 g/mol. The van der Waals surface area contributed by atoms with Crippen LogP contribution in [-0.2, 0) is 6.54 Å². The van der Waals surface area contributed by atoms with Crippen LogP contribution >= 0.6 is 34.7 Å². The van der Waals surface area contributed by atoms with Gasteiger partial charge in [-0.25, -0.2) is 0 Å². The van der Waals surface area contributed by atoms with Crippen LogP contribution < -0.4 is 0 Å². The number of halogens is 1. The molecule has 3 aromatic rings. The number of amides is 1. The Morgan fingerprint density at radius 3 is 2.88 bits per heavy atom. The highest BCUT2D eigenvalue weighted by atomic mass is 35.5. The van der Waals surface area contributed by atoms with Crippen LogP contribution in [0.25, 0.3) is 10.6 Å². The Morgan fingerprint density at radius 2 is 2.12 bits per heavy atom. The fourth-order valence-corrected chi connectivity index (χ4v) is 4.50. The fourth-order valence-electron chi connectivity index (χ4n) is 2.61. The molecule has 0 spiro atoms. The Labute approximate surface area is 157 Å². The van der Waals surface area contributed by atoms with Crippen molar-refractivity contribution in [1.29, 1.82) is 0 Å². The largest absolute Gasteiger partial charge is 0.355 e. The average molecular weight is 395 g/mol. The highest BCUT2D eigenvalue weighted by Gasteiger charge is 2.20. The molecule has 1 saturated heterocycles. The van der Waals surface area contributed by atoms with Gasteiger partial charge < -0.3 is 9.42 Å². The van der Waals surface area contributed by atoms with Gasteiger partial charge in [0.05, 0.1) is 15.8 Å². The van der Waals surface area contributed by atoms with Gasteiger partial charge in [0, 0.05) is 36.9 Å². The predicted octanol–water partition coefficient (Wildman–Crippen LogP) is 3.49. The molecular weight excluding hydrogens is 380 g/mol. The Kier molecular flexibility index (Phi) is 4.82. The van der Waals surface area contributed by atoms with Crippen LogP contribution in [0.4, 0.5) is 0 Å². The summed E-state index contributed by atoms with van der Waals surface area (Å²) in [5.41, 5.74) is 1.22. The average Bonchev–Trinajstić information content (AvgIpc) is 3.36. The van der Waals surface area contributed by atoms with Gasteiger partial charge in [-0.1, -0.05) is 16.8 Å². The van der Waals surface area contributed by atoms with E-state index in [1.54, 1.807) is 16.9 Å². The molecule has 0 aromatic carbocycles. The molecule has 130 valence electrons. The Balaban J connectivity index is 1.44. The van der Waals surface area contributed by atoms with Crippen molar-refractivity contribution in [3.8, 4) is 10.6 Å². The molecule has 0 radical (unpaired) electrons. The number of rotatable bonds is 4. The van der Waals surface area contributed by atoms with Gasteiger partial charge in [0.25, 0.3) is 5.91 Å². The van der Waals surface area contributed by atoms with Crippen molar-refractivity contribution in [2.75, 3.05) is 24.6 Å². The minimum Gasteiger partial charge on any atom is -0.355 e. The summed E-state index contributed by atoms with van der Waals surface area (Å²) < 4.78 is 7.78. The smallest absolute Gasteiger partial charge is 0.274 e. The van der Waals surface area contributed by atoms with Crippen molar-refractivity contribution in [3.63, 3.8) is 0 Å². The van der Waals surface area contributed by atoms with Gasteiger partial charge in [-0.15, -0.1) is 11.3 Å². The normalized spacial score (nSPS) is 14.8. The molecular formula is C16H15ClN4O2S2. The van der Waals surface area contributed by atoms with Gasteiger partial charge >= 0.3 is 0 Å². The van der Waals surface area contributed by atoms with Crippen molar-refractivity contribution in [2.24, 2.45) is 0 Å². The molecule has 3 aromatic heterocycles. The van der Waals surface area contributed by atoms with Crippen LogP contribution in [0.15, 0.2) is 35.0 Å². The molecule has 0 saturated carbocycles. The lowest BCUT2D eigenvalue weighted by Gasteiger charge is -2.25. The van der Waals surface area contributed by atoms with Gasteiger partial charge in [-0.05, 0) is 18.2 Å². The zero-order valence-corrected chi connectivity index (χ0v) is 15.6. The SMILES string of the molecule is O=C(c1ccn(Cc2cc(-c3ccc(Cl)s3)on2)n1)N1CCSCC1. The van der Waals surface area contributed by atoms with Crippen LogP contribution in [0, 0.1) is 0 Å². The summed E-state index contributed by atoms with van der Waals surface area (Å²) in [4.78, 5) is 15.2. The van der Waals surface area contributed by atoms with Crippen LogP contribution in [0.1, 0.15) is 16.2 Å². The van der Waals surface area contributed by atoms with Crippen LogP contribution in [0.5, 0.6) is 0 Å². The molecule has 6 nitrogen and oxygen atoms in total. The maximum atomic E-state index is 12.5. The van der Waals surface area contributed by atoms with E-state index in [2.05, 4.69) is 10.3 Å². The summed E-state index contributed by atoms with van der Waals surface area (Å²) in [5.74, 6) is 2.65. The first-order valence-corrected chi connectivity index (χ1v) is 10.2. The van der Waals surface area contributed by atoms with Gasteiger partial charge in [0.2, 0.25) is 0 Å². The molecule has 1 aliphatic rings. The van der Waals surface area contributed by atoms with Gasteiger partial charge in [-0.2, -0.15) is 16.9 Å². The van der Waals surface area contributed by atoms with Crippen LogP contribution in [-0.4, -0.2) is 50.3 Å². The van der Waals surface area contributed by atoms with E-state index in [1.807, 2.05) is 34.9 Å². The maximum Gasteiger partial charge on any atom is 0.274 e. The standard InChI is InChI=1S/C16H15ClN4O2S2/c17-15-2-1-14(25-15)13-9-11(19-23-13)10-21-4-3-12(18-21)16(22)20-5-7-24-8-6-20/h1-4,9H,5-8,10H2. The lowest BCUT2D eigenvalue weighted by atomic mass is 10.3. The van der Waals surface area contributed by atoms with Gasteiger partial charge in [0.15, 0.2) is 5.76 Å². The second-order valence-electron chi connectivity index (χ2n) is 5.59. The first-order valence-electron chi connectivity index (χ1n) is 7.81. The summed E-state index contributed by atoms with van der Waals surface area (Å²) in [5, 5.41) is 8.46. The van der Waals surface area contributed by atoms with Crippen molar-refractivity contribution in [3.05, 3.63) is 46.2 Å².